The molecule has 1 rings (SSSR count). The van der Waals surface area contributed by atoms with Crippen LogP contribution in [0, 0.1) is 10.1 Å². The maximum atomic E-state index is 12.0. The number of carbonyl (C=O) groups is 2. The number of nitro groups is 1. The predicted molar refractivity (Wildman–Crippen MR) is 108 cm³/mol. The number of amides is 1. The molecule has 1 atom stereocenters. The highest BCUT2D eigenvalue weighted by Crippen LogP contribution is 2.36. The number of alkyl carbamates (subject to hydrolysis) is 1. The van der Waals surface area contributed by atoms with Crippen molar-refractivity contribution in [3.8, 4) is 11.5 Å². The fourth-order valence-electron chi connectivity index (χ4n) is 2.24. The molecule has 0 saturated carbocycles. The van der Waals surface area contributed by atoms with Crippen LogP contribution in [-0.2, 0) is 20.0 Å². The van der Waals surface area contributed by atoms with Gasteiger partial charge in [0.15, 0.2) is 11.5 Å². The molecule has 1 aromatic carbocycles. The summed E-state index contributed by atoms with van der Waals surface area (Å²) in [5, 5.41) is 13.8. The molecule has 0 spiro atoms. The number of ether oxygens (including phenoxy) is 4. The third-order valence-corrected chi connectivity index (χ3v) is 4.58. The number of esters is 1. The maximum absolute atomic E-state index is 12.0. The topological polar surface area (TPSA) is 126 Å². The summed E-state index contributed by atoms with van der Waals surface area (Å²) in [7, 11) is 4.02. The number of nitro benzene ring substituents is 1. The summed E-state index contributed by atoms with van der Waals surface area (Å²) in [6.45, 7) is 5.10. The number of benzene rings is 1. The first kappa shape index (κ1) is 24.3. The summed E-state index contributed by atoms with van der Waals surface area (Å²) < 4.78 is 20.1. The summed E-state index contributed by atoms with van der Waals surface area (Å²) in [6, 6.07) is 1.82. The predicted octanol–water partition coefficient (Wildman–Crippen LogP) is 2.91. The lowest BCUT2D eigenvalue weighted by Crippen LogP contribution is -2.45. The highest BCUT2D eigenvalue weighted by molar-refractivity contribution is 7.98. The lowest BCUT2D eigenvalue weighted by molar-refractivity contribution is -0.385. The average molecular weight is 430 g/mol. The Morgan fingerprint density at radius 2 is 1.76 bits per heavy atom. The van der Waals surface area contributed by atoms with E-state index in [4.69, 9.17) is 18.9 Å². The molecule has 0 aliphatic rings. The standard InChI is InChI=1S/C18H26N2O8S/c1-18(2,3)28-17(22)19-12(16(21)27-6)10-29-9-11-7-14(25-4)15(26-5)8-13(11)20(23)24/h7-8,12H,9-10H2,1-6H3,(H,19,22)/t12-/m0/s1. The van der Waals surface area contributed by atoms with Gasteiger partial charge in [-0.3, -0.25) is 10.1 Å². The number of nitrogens with one attached hydrogen (secondary N) is 1. The van der Waals surface area contributed by atoms with Gasteiger partial charge in [-0.2, -0.15) is 11.8 Å². The van der Waals surface area contributed by atoms with Gasteiger partial charge in [0.2, 0.25) is 0 Å². The second-order valence-corrected chi connectivity index (χ2v) is 7.86. The normalized spacial score (nSPS) is 11.9. The first-order chi connectivity index (χ1) is 13.5. The van der Waals surface area contributed by atoms with Crippen LogP contribution in [0.1, 0.15) is 26.3 Å². The maximum Gasteiger partial charge on any atom is 0.408 e. The molecular weight excluding hydrogens is 404 g/mol. The van der Waals surface area contributed by atoms with Crippen molar-refractivity contribution in [2.75, 3.05) is 27.1 Å². The van der Waals surface area contributed by atoms with Crippen LogP contribution in [0.4, 0.5) is 10.5 Å². The van der Waals surface area contributed by atoms with Crippen molar-refractivity contribution in [1.29, 1.82) is 0 Å². The van der Waals surface area contributed by atoms with Crippen LogP contribution in [0.3, 0.4) is 0 Å². The zero-order valence-electron chi connectivity index (χ0n) is 17.3. The van der Waals surface area contributed by atoms with Crippen LogP contribution in [0.25, 0.3) is 0 Å². The van der Waals surface area contributed by atoms with E-state index in [0.29, 0.717) is 11.3 Å². The van der Waals surface area contributed by atoms with E-state index in [-0.39, 0.29) is 22.9 Å². The van der Waals surface area contributed by atoms with Gasteiger partial charge in [-0.1, -0.05) is 0 Å². The Morgan fingerprint density at radius 1 is 1.17 bits per heavy atom. The average Bonchev–Trinajstić information content (AvgIpc) is 2.64. The SMILES string of the molecule is COC(=O)[C@H](CSCc1cc(OC)c(OC)cc1[N+](=O)[O-])NC(=O)OC(C)(C)C. The van der Waals surface area contributed by atoms with Gasteiger partial charge >= 0.3 is 12.1 Å². The lowest BCUT2D eigenvalue weighted by Gasteiger charge is -2.22. The highest BCUT2D eigenvalue weighted by atomic mass is 32.2. The van der Waals surface area contributed by atoms with Gasteiger partial charge in [-0.25, -0.2) is 9.59 Å². The quantitative estimate of drug-likeness (QED) is 0.357. The summed E-state index contributed by atoms with van der Waals surface area (Å²) in [4.78, 5) is 34.8. The fourth-order valence-corrected chi connectivity index (χ4v) is 3.27. The van der Waals surface area contributed by atoms with Gasteiger partial charge in [0, 0.05) is 17.1 Å². The summed E-state index contributed by atoms with van der Waals surface area (Å²) >= 11 is 1.21. The number of methoxy groups -OCH3 is 3. The van der Waals surface area contributed by atoms with E-state index in [2.05, 4.69) is 5.32 Å². The van der Waals surface area contributed by atoms with Crippen LogP contribution in [0.15, 0.2) is 12.1 Å². The number of rotatable bonds is 9. The molecule has 1 amide bonds. The third-order valence-electron chi connectivity index (χ3n) is 3.50. The van der Waals surface area contributed by atoms with Gasteiger partial charge in [0.1, 0.15) is 11.6 Å². The van der Waals surface area contributed by atoms with Crippen LogP contribution < -0.4 is 14.8 Å². The van der Waals surface area contributed by atoms with E-state index < -0.39 is 28.6 Å². The van der Waals surface area contributed by atoms with E-state index in [1.54, 1.807) is 20.8 Å². The lowest BCUT2D eigenvalue weighted by atomic mass is 10.2. The van der Waals surface area contributed by atoms with Crippen molar-refractivity contribution >= 4 is 29.5 Å². The number of nitrogens with zero attached hydrogens (tertiary/aromatic N) is 1. The van der Waals surface area contributed by atoms with Crippen LogP contribution >= 0.6 is 11.8 Å². The van der Waals surface area contributed by atoms with Gasteiger partial charge in [-0.15, -0.1) is 0 Å². The van der Waals surface area contributed by atoms with Crippen LogP contribution in [0.2, 0.25) is 0 Å². The first-order valence-electron chi connectivity index (χ1n) is 8.56. The zero-order chi connectivity index (χ0) is 22.2. The number of thioether (sulfide) groups is 1. The zero-order valence-corrected chi connectivity index (χ0v) is 18.1. The van der Waals surface area contributed by atoms with Crippen molar-refractivity contribution in [3.63, 3.8) is 0 Å². The summed E-state index contributed by atoms with van der Waals surface area (Å²) in [6.07, 6.45) is -0.759. The van der Waals surface area contributed by atoms with Crippen LogP contribution in [-0.4, -0.2) is 55.7 Å². The Morgan fingerprint density at radius 3 is 2.24 bits per heavy atom. The monoisotopic (exact) mass is 430 g/mol. The molecule has 0 saturated heterocycles. The molecule has 29 heavy (non-hydrogen) atoms. The Hall–Kier alpha value is -2.69. The molecule has 0 unspecified atom stereocenters. The fraction of sp³-hybridized carbons (Fsp3) is 0.556. The molecule has 0 heterocycles. The number of carbonyl (C=O) groups excluding carboxylic acids is 2. The van der Waals surface area contributed by atoms with Crippen molar-refractivity contribution in [2.45, 2.75) is 38.2 Å². The molecule has 162 valence electrons. The molecule has 0 aliphatic heterocycles. The Kier molecular flexibility index (Phi) is 9.02. The van der Waals surface area contributed by atoms with Crippen molar-refractivity contribution in [3.05, 3.63) is 27.8 Å². The molecule has 0 radical (unpaired) electrons. The van der Waals surface area contributed by atoms with E-state index >= 15 is 0 Å². The van der Waals surface area contributed by atoms with Gasteiger partial charge in [0.25, 0.3) is 5.69 Å². The number of hydrogen-bond donors (Lipinski definition) is 1. The molecular formula is C18H26N2O8S. The van der Waals surface area contributed by atoms with Gasteiger partial charge < -0.3 is 24.3 Å². The Bertz CT molecular complexity index is 748. The second kappa shape index (κ2) is 10.7. The third kappa shape index (κ3) is 7.68. The summed E-state index contributed by atoms with van der Waals surface area (Å²) in [5.41, 5.74) is -0.471. The van der Waals surface area contributed by atoms with Crippen molar-refractivity contribution in [1.82, 2.24) is 5.32 Å². The minimum absolute atomic E-state index is 0.122. The molecule has 0 aliphatic carbocycles. The number of hydrogen-bond acceptors (Lipinski definition) is 9. The molecule has 1 N–H and O–H groups in total. The molecule has 11 heteroatoms. The molecule has 0 aromatic heterocycles. The van der Waals surface area contributed by atoms with Gasteiger partial charge in [0.05, 0.1) is 32.3 Å². The Balaban J connectivity index is 2.90. The minimum atomic E-state index is -0.973. The smallest absolute Gasteiger partial charge is 0.408 e. The molecule has 1 aromatic rings. The van der Waals surface area contributed by atoms with E-state index in [1.165, 1.54) is 45.2 Å². The second-order valence-electron chi connectivity index (χ2n) is 6.83. The molecule has 10 nitrogen and oxygen atoms in total. The minimum Gasteiger partial charge on any atom is -0.493 e. The van der Waals surface area contributed by atoms with E-state index in [0.717, 1.165) is 0 Å². The van der Waals surface area contributed by atoms with Crippen LogP contribution in [0.5, 0.6) is 11.5 Å². The molecule has 0 fully saturated rings. The Labute approximate surface area is 173 Å². The first-order valence-corrected chi connectivity index (χ1v) is 9.72. The van der Waals surface area contributed by atoms with E-state index in [1.807, 2.05) is 0 Å². The van der Waals surface area contributed by atoms with Crippen molar-refractivity contribution < 1.29 is 33.5 Å². The summed E-state index contributed by atoms with van der Waals surface area (Å²) in [5.74, 6) is 0.264. The highest BCUT2D eigenvalue weighted by Gasteiger charge is 2.26. The largest absolute Gasteiger partial charge is 0.493 e. The molecule has 0 bridgehead atoms. The van der Waals surface area contributed by atoms with E-state index in [9.17, 15) is 19.7 Å². The van der Waals surface area contributed by atoms with Gasteiger partial charge in [-0.05, 0) is 26.8 Å². The van der Waals surface area contributed by atoms with Crippen molar-refractivity contribution in [2.24, 2.45) is 0 Å².